The Hall–Kier alpha value is -1.62. The van der Waals surface area contributed by atoms with Crippen LogP contribution < -0.4 is 11.1 Å². The van der Waals surface area contributed by atoms with Crippen molar-refractivity contribution in [1.29, 1.82) is 0 Å². The van der Waals surface area contributed by atoms with E-state index in [1.807, 2.05) is 0 Å². The molecule has 2 saturated heterocycles. The van der Waals surface area contributed by atoms with Gasteiger partial charge >= 0.3 is 0 Å². The van der Waals surface area contributed by atoms with Crippen LogP contribution in [0.25, 0.3) is 0 Å². The number of rotatable bonds is 2. The molecule has 2 fully saturated rings. The molecule has 3 N–H and O–H groups in total. The van der Waals surface area contributed by atoms with Crippen molar-refractivity contribution < 1.29 is 9.53 Å². The fourth-order valence-electron chi connectivity index (χ4n) is 2.57. The molecule has 3 rings (SSSR count). The predicted molar refractivity (Wildman–Crippen MR) is 62.4 cm³/mol. The minimum absolute atomic E-state index is 0.139. The van der Waals surface area contributed by atoms with Gasteiger partial charge in [0.05, 0.1) is 30.1 Å². The van der Waals surface area contributed by atoms with E-state index in [1.54, 1.807) is 12.1 Å². The molecule has 2 bridgehead atoms. The Morgan fingerprint density at radius 1 is 1.47 bits per heavy atom. The molecule has 0 radical (unpaired) electrons. The first kappa shape index (κ1) is 10.5. The summed E-state index contributed by atoms with van der Waals surface area (Å²) in [6.07, 6.45) is 5.11. The molecule has 0 aromatic carbocycles. The van der Waals surface area contributed by atoms with E-state index in [0.717, 1.165) is 19.3 Å². The Morgan fingerprint density at radius 2 is 2.35 bits per heavy atom. The van der Waals surface area contributed by atoms with Gasteiger partial charge in [0.1, 0.15) is 5.69 Å². The van der Waals surface area contributed by atoms with Gasteiger partial charge in [-0.15, -0.1) is 0 Å². The molecular formula is C12H15N3O2. The van der Waals surface area contributed by atoms with E-state index >= 15 is 0 Å². The van der Waals surface area contributed by atoms with Gasteiger partial charge in [0, 0.05) is 0 Å². The summed E-state index contributed by atoms with van der Waals surface area (Å²) >= 11 is 0. The second-order valence-electron chi connectivity index (χ2n) is 4.67. The molecule has 0 aliphatic carbocycles. The van der Waals surface area contributed by atoms with Gasteiger partial charge in [-0.1, -0.05) is 0 Å². The van der Waals surface area contributed by atoms with Crippen LogP contribution in [-0.2, 0) is 4.74 Å². The van der Waals surface area contributed by atoms with E-state index in [0.29, 0.717) is 17.5 Å². The van der Waals surface area contributed by atoms with Gasteiger partial charge in [0.15, 0.2) is 0 Å². The third kappa shape index (κ3) is 1.98. The molecule has 2 aliphatic heterocycles. The minimum atomic E-state index is -0.147. The zero-order valence-corrected chi connectivity index (χ0v) is 9.43. The first-order valence-corrected chi connectivity index (χ1v) is 5.90. The third-order valence-corrected chi connectivity index (χ3v) is 3.44. The molecule has 1 aromatic rings. The molecule has 0 spiro atoms. The number of nitrogen functional groups attached to an aromatic ring is 1. The number of nitrogens with one attached hydrogen (secondary N) is 1. The number of anilines is 1. The molecule has 3 atom stereocenters. The normalized spacial score (nSPS) is 30.5. The fraction of sp³-hybridized carbons (Fsp3) is 0.500. The van der Waals surface area contributed by atoms with Crippen LogP contribution in [0.15, 0.2) is 18.3 Å². The predicted octanol–water partition coefficient (Wildman–Crippen LogP) is 0.714. The Kier molecular flexibility index (Phi) is 2.48. The van der Waals surface area contributed by atoms with Crippen molar-refractivity contribution >= 4 is 11.6 Å². The van der Waals surface area contributed by atoms with Crippen molar-refractivity contribution in [3.8, 4) is 0 Å². The number of hydrogen-bond acceptors (Lipinski definition) is 4. The third-order valence-electron chi connectivity index (χ3n) is 3.44. The number of carbonyl (C=O) groups is 1. The van der Waals surface area contributed by atoms with E-state index in [2.05, 4.69) is 10.3 Å². The van der Waals surface area contributed by atoms with E-state index < -0.39 is 0 Å². The molecule has 3 heterocycles. The van der Waals surface area contributed by atoms with Crippen LogP contribution in [0.1, 0.15) is 29.8 Å². The molecule has 5 nitrogen and oxygen atoms in total. The van der Waals surface area contributed by atoms with Crippen LogP contribution in [0.5, 0.6) is 0 Å². The lowest BCUT2D eigenvalue weighted by molar-refractivity contribution is 0.0837. The summed E-state index contributed by atoms with van der Waals surface area (Å²) in [5.74, 6) is -0.147. The maximum absolute atomic E-state index is 11.9. The number of fused-ring (bicyclic) bond motifs is 2. The molecule has 1 amide bonds. The smallest absolute Gasteiger partial charge is 0.270 e. The van der Waals surface area contributed by atoms with Crippen LogP contribution in [0.3, 0.4) is 0 Å². The quantitative estimate of drug-likeness (QED) is 0.788. The van der Waals surface area contributed by atoms with E-state index in [4.69, 9.17) is 10.5 Å². The monoisotopic (exact) mass is 233 g/mol. The molecule has 0 saturated carbocycles. The SMILES string of the molecule is Nc1ccc(C(=O)NC2CC3CCC2O3)nc1. The first-order chi connectivity index (χ1) is 8.22. The number of nitrogens with two attached hydrogens (primary N) is 1. The van der Waals surface area contributed by atoms with Crippen LogP contribution in [0.2, 0.25) is 0 Å². The zero-order valence-electron chi connectivity index (χ0n) is 9.43. The molecule has 5 heteroatoms. The Morgan fingerprint density at radius 3 is 2.94 bits per heavy atom. The summed E-state index contributed by atoms with van der Waals surface area (Å²) in [4.78, 5) is 15.9. The lowest BCUT2D eigenvalue weighted by atomic mass is 9.95. The van der Waals surface area contributed by atoms with E-state index in [-0.39, 0.29) is 18.1 Å². The number of aromatic nitrogens is 1. The van der Waals surface area contributed by atoms with Crippen LogP contribution in [0.4, 0.5) is 5.69 Å². The highest BCUT2D eigenvalue weighted by atomic mass is 16.5. The molecule has 1 aromatic heterocycles. The lowest BCUT2D eigenvalue weighted by Gasteiger charge is -2.19. The average Bonchev–Trinajstić information content (AvgIpc) is 2.91. The Balaban J connectivity index is 1.65. The highest BCUT2D eigenvalue weighted by Crippen LogP contribution is 2.34. The van der Waals surface area contributed by atoms with Gasteiger partial charge in [-0.25, -0.2) is 4.98 Å². The molecule has 90 valence electrons. The van der Waals surface area contributed by atoms with E-state index in [1.165, 1.54) is 6.20 Å². The van der Waals surface area contributed by atoms with Gasteiger partial charge in [0.2, 0.25) is 0 Å². The summed E-state index contributed by atoms with van der Waals surface area (Å²) in [5.41, 5.74) is 6.49. The highest BCUT2D eigenvalue weighted by molar-refractivity contribution is 5.92. The second kappa shape index (κ2) is 4.00. The number of ether oxygens (including phenoxy) is 1. The maximum atomic E-state index is 11.9. The van der Waals surface area contributed by atoms with Crippen molar-refractivity contribution in [2.24, 2.45) is 0 Å². The number of nitrogens with zero attached hydrogens (tertiary/aromatic N) is 1. The highest BCUT2D eigenvalue weighted by Gasteiger charge is 2.41. The fourth-order valence-corrected chi connectivity index (χ4v) is 2.57. The largest absolute Gasteiger partial charge is 0.397 e. The second-order valence-corrected chi connectivity index (χ2v) is 4.67. The number of carbonyl (C=O) groups excluding carboxylic acids is 1. The van der Waals surface area contributed by atoms with Crippen LogP contribution in [-0.4, -0.2) is 29.1 Å². The van der Waals surface area contributed by atoms with E-state index in [9.17, 15) is 4.79 Å². The van der Waals surface area contributed by atoms with Gasteiger partial charge in [0.25, 0.3) is 5.91 Å². The van der Waals surface area contributed by atoms with Crippen molar-refractivity contribution in [3.63, 3.8) is 0 Å². The number of amides is 1. The summed E-state index contributed by atoms with van der Waals surface area (Å²) in [5, 5.41) is 2.98. The van der Waals surface area contributed by atoms with Crippen LogP contribution >= 0.6 is 0 Å². The average molecular weight is 233 g/mol. The standard InChI is InChI=1S/C12H15N3O2/c13-7-1-3-9(14-6-7)12(16)15-10-5-8-2-4-11(10)17-8/h1,3,6,8,10-11H,2,4-5,13H2,(H,15,16). The molecule has 17 heavy (non-hydrogen) atoms. The van der Waals surface area contributed by atoms with Gasteiger partial charge in [-0.05, 0) is 31.4 Å². The minimum Gasteiger partial charge on any atom is -0.397 e. The van der Waals surface area contributed by atoms with Crippen molar-refractivity contribution in [1.82, 2.24) is 10.3 Å². The molecular weight excluding hydrogens is 218 g/mol. The topological polar surface area (TPSA) is 77.2 Å². The summed E-state index contributed by atoms with van der Waals surface area (Å²) in [6, 6.07) is 3.46. The molecule has 2 aliphatic rings. The van der Waals surface area contributed by atoms with Crippen molar-refractivity contribution in [2.45, 2.75) is 37.5 Å². The summed E-state index contributed by atoms with van der Waals surface area (Å²) in [7, 11) is 0. The Bertz CT molecular complexity index is 432. The lowest BCUT2D eigenvalue weighted by Crippen LogP contribution is -2.41. The molecule has 3 unspecified atom stereocenters. The zero-order chi connectivity index (χ0) is 11.8. The van der Waals surface area contributed by atoms with Gasteiger partial charge < -0.3 is 15.8 Å². The number of hydrogen-bond donors (Lipinski definition) is 2. The summed E-state index contributed by atoms with van der Waals surface area (Å²) in [6.45, 7) is 0. The summed E-state index contributed by atoms with van der Waals surface area (Å²) < 4.78 is 5.69. The first-order valence-electron chi connectivity index (χ1n) is 5.90. The van der Waals surface area contributed by atoms with Gasteiger partial charge in [-0.2, -0.15) is 0 Å². The van der Waals surface area contributed by atoms with Crippen molar-refractivity contribution in [2.75, 3.05) is 5.73 Å². The maximum Gasteiger partial charge on any atom is 0.270 e. The number of pyridine rings is 1. The van der Waals surface area contributed by atoms with Crippen molar-refractivity contribution in [3.05, 3.63) is 24.0 Å². The van der Waals surface area contributed by atoms with Crippen LogP contribution in [0, 0.1) is 0 Å². The Labute approximate surface area is 99.4 Å². The van der Waals surface area contributed by atoms with Gasteiger partial charge in [-0.3, -0.25) is 4.79 Å².